The van der Waals surface area contributed by atoms with Crippen molar-refractivity contribution in [2.75, 3.05) is 7.11 Å². The fourth-order valence-electron chi connectivity index (χ4n) is 1.37. The van der Waals surface area contributed by atoms with Crippen molar-refractivity contribution in [3.63, 3.8) is 0 Å². The lowest BCUT2D eigenvalue weighted by atomic mass is 10.3. The van der Waals surface area contributed by atoms with Crippen LogP contribution in [0.2, 0.25) is 15.1 Å². The summed E-state index contributed by atoms with van der Waals surface area (Å²) in [6.07, 6.45) is 1.57. The molecule has 0 aliphatic rings. The molecule has 1 heterocycles. The maximum atomic E-state index is 11.3. The largest absolute Gasteiger partial charge is 0.465 e. The molecule has 0 saturated carbocycles. The van der Waals surface area contributed by atoms with Gasteiger partial charge in [0, 0.05) is 11.1 Å². The Bertz CT molecular complexity index is 627. The monoisotopic (exact) mass is 335 g/mol. The van der Waals surface area contributed by atoms with Crippen molar-refractivity contribution in [3.05, 3.63) is 45.0 Å². The molecule has 0 fully saturated rings. The summed E-state index contributed by atoms with van der Waals surface area (Å²) in [6.45, 7) is 0. The summed E-state index contributed by atoms with van der Waals surface area (Å²) >= 11 is 19.2. The molecule has 1 aromatic heterocycles. The van der Waals surface area contributed by atoms with Crippen LogP contribution in [0.5, 0.6) is 0 Å². The van der Waals surface area contributed by atoms with E-state index in [2.05, 4.69) is 9.72 Å². The van der Waals surface area contributed by atoms with E-state index in [0.717, 1.165) is 9.92 Å². The van der Waals surface area contributed by atoms with Gasteiger partial charge < -0.3 is 9.72 Å². The lowest BCUT2D eigenvalue weighted by Crippen LogP contribution is -1.98. The normalized spacial score (nSPS) is 10.5. The molecule has 2 aromatic rings. The minimum atomic E-state index is -0.400. The summed E-state index contributed by atoms with van der Waals surface area (Å²) in [5.41, 5.74) is 0.446. The highest BCUT2D eigenvalue weighted by Gasteiger charge is 2.12. The first kappa shape index (κ1) is 14.6. The number of ether oxygens (including phenoxy) is 1. The molecule has 7 heteroatoms. The van der Waals surface area contributed by atoms with Gasteiger partial charge in [-0.1, -0.05) is 46.6 Å². The number of benzene rings is 1. The summed E-state index contributed by atoms with van der Waals surface area (Å²) in [5.74, 6) is -0.400. The molecule has 0 atom stereocenters. The van der Waals surface area contributed by atoms with Crippen LogP contribution in [-0.4, -0.2) is 18.1 Å². The van der Waals surface area contributed by atoms with E-state index in [0.29, 0.717) is 20.6 Å². The molecule has 0 bridgehead atoms. The minimum Gasteiger partial charge on any atom is -0.465 e. The Morgan fingerprint density at radius 1 is 1.16 bits per heavy atom. The third-order valence-electron chi connectivity index (χ3n) is 2.27. The van der Waals surface area contributed by atoms with Gasteiger partial charge in [-0.25, -0.2) is 4.79 Å². The Morgan fingerprint density at radius 3 is 2.53 bits per heavy atom. The molecule has 100 valence electrons. The number of carbonyl (C=O) groups excluding carboxylic acids is 1. The van der Waals surface area contributed by atoms with Gasteiger partial charge in [0.05, 0.1) is 32.8 Å². The molecular weight excluding hydrogens is 329 g/mol. The van der Waals surface area contributed by atoms with E-state index >= 15 is 0 Å². The number of nitrogens with one attached hydrogen (secondary N) is 1. The molecule has 0 saturated heterocycles. The van der Waals surface area contributed by atoms with E-state index in [-0.39, 0.29) is 0 Å². The Morgan fingerprint density at radius 2 is 1.84 bits per heavy atom. The highest BCUT2D eigenvalue weighted by molar-refractivity contribution is 7.99. The number of esters is 1. The summed E-state index contributed by atoms with van der Waals surface area (Å²) in [7, 11) is 1.33. The van der Waals surface area contributed by atoms with Gasteiger partial charge in [-0.05, 0) is 18.2 Å². The maximum absolute atomic E-state index is 11.3. The van der Waals surface area contributed by atoms with Crippen molar-refractivity contribution >= 4 is 52.5 Å². The van der Waals surface area contributed by atoms with Gasteiger partial charge in [0.2, 0.25) is 0 Å². The Hall–Kier alpha value is -0.810. The van der Waals surface area contributed by atoms with Crippen LogP contribution >= 0.6 is 46.6 Å². The van der Waals surface area contributed by atoms with E-state index in [1.807, 2.05) is 0 Å². The standard InChI is InChI=1S/C12H8Cl3NO2S/c1-18-12(17)6-2-11(16-5-6)19-10-4-8(14)7(13)3-9(10)15/h2-5,16H,1H3. The van der Waals surface area contributed by atoms with Crippen molar-refractivity contribution in [2.45, 2.75) is 9.92 Å². The Balaban J connectivity index is 2.24. The third-order valence-corrected chi connectivity index (χ3v) is 4.43. The summed E-state index contributed by atoms with van der Waals surface area (Å²) < 4.78 is 4.63. The van der Waals surface area contributed by atoms with Crippen molar-refractivity contribution in [1.29, 1.82) is 0 Å². The number of H-pyrrole nitrogens is 1. The van der Waals surface area contributed by atoms with E-state index < -0.39 is 5.97 Å². The minimum absolute atomic E-state index is 0.400. The molecule has 2 rings (SSSR count). The van der Waals surface area contributed by atoms with Crippen LogP contribution in [0.25, 0.3) is 0 Å². The molecule has 0 radical (unpaired) electrons. The van der Waals surface area contributed by atoms with Crippen LogP contribution in [-0.2, 0) is 4.74 Å². The molecule has 1 aromatic carbocycles. The van der Waals surface area contributed by atoms with Gasteiger partial charge >= 0.3 is 5.97 Å². The lowest BCUT2D eigenvalue weighted by Gasteiger charge is -2.04. The van der Waals surface area contributed by atoms with Crippen molar-refractivity contribution in [3.8, 4) is 0 Å². The average molecular weight is 337 g/mol. The van der Waals surface area contributed by atoms with E-state index in [1.165, 1.54) is 18.9 Å². The van der Waals surface area contributed by atoms with Crippen molar-refractivity contribution in [2.24, 2.45) is 0 Å². The topological polar surface area (TPSA) is 42.1 Å². The van der Waals surface area contributed by atoms with Crippen LogP contribution in [0, 0.1) is 0 Å². The fraction of sp³-hybridized carbons (Fsp3) is 0.0833. The first-order chi connectivity index (χ1) is 9.01. The van der Waals surface area contributed by atoms with E-state index in [4.69, 9.17) is 34.8 Å². The first-order valence-electron chi connectivity index (χ1n) is 5.10. The second kappa shape index (κ2) is 6.09. The van der Waals surface area contributed by atoms with Crippen molar-refractivity contribution in [1.82, 2.24) is 4.98 Å². The highest BCUT2D eigenvalue weighted by atomic mass is 35.5. The number of carbonyl (C=O) groups is 1. The molecule has 0 unspecified atom stereocenters. The third kappa shape index (κ3) is 3.39. The second-order valence-electron chi connectivity index (χ2n) is 3.54. The number of hydrogen-bond donors (Lipinski definition) is 1. The number of methoxy groups -OCH3 is 1. The Labute approximate surface area is 129 Å². The number of hydrogen-bond acceptors (Lipinski definition) is 3. The fourth-order valence-corrected chi connectivity index (χ4v) is 2.97. The second-order valence-corrected chi connectivity index (χ2v) is 5.85. The van der Waals surface area contributed by atoms with Gasteiger partial charge in [0.1, 0.15) is 0 Å². The van der Waals surface area contributed by atoms with Crippen LogP contribution < -0.4 is 0 Å². The maximum Gasteiger partial charge on any atom is 0.339 e. The van der Waals surface area contributed by atoms with Gasteiger partial charge in [-0.2, -0.15) is 0 Å². The SMILES string of the molecule is COC(=O)c1c[nH]c(Sc2cc(Cl)c(Cl)cc2Cl)c1. The molecule has 0 aliphatic carbocycles. The Kier molecular flexibility index (Phi) is 4.68. The van der Waals surface area contributed by atoms with Crippen LogP contribution in [0.15, 0.2) is 34.3 Å². The summed E-state index contributed by atoms with van der Waals surface area (Å²) in [6, 6.07) is 4.93. The predicted molar refractivity (Wildman–Crippen MR) is 77.7 cm³/mol. The summed E-state index contributed by atoms with van der Waals surface area (Å²) in [5, 5.41) is 2.07. The van der Waals surface area contributed by atoms with Gasteiger partial charge in [-0.15, -0.1) is 0 Å². The number of aromatic nitrogens is 1. The van der Waals surface area contributed by atoms with E-state index in [1.54, 1.807) is 24.4 Å². The molecule has 19 heavy (non-hydrogen) atoms. The number of halogens is 3. The van der Waals surface area contributed by atoms with E-state index in [9.17, 15) is 4.79 Å². The molecule has 0 aliphatic heterocycles. The zero-order valence-corrected chi connectivity index (χ0v) is 12.8. The predicted octanol–water partition coefficient (Wildman–Crippen LogP) is 4.91. The quantitative estimate of drug-likeness (QED) is 0.639. The number of rotatable bonds is 3. The van der Waals surface area contributed by atoms with Gasteiger partial charge in [-0.3, -0.25) is 0 Å². The molecule has 3 nitrogen and oxygen atoms in total. The van der Waals surface area contributed by atoms with Crippen LogP contribution in [0.1, 0.15) is 10.4 Å². The molecule has 0 spiro atoms. The van der Waals surface area contributed by atoms with Crippen LogP contribution in [0.4, 0.5) is 0 Å². The highest BCUT2D eigenvalue weighted by Crippen LogP contribution is 2.37. The smallest absolute Gasteiger partial charge is 0.339 e. The zero-order chi connectivity index (χ0) is 14.0. The molecule has 0 amide bonds. The summed E-state index contributed by atoms with van der Waals surface area (Å²) in [4.78, 5) is 15.0. The van der Waals surface area contributed by atoms with Crippen molar-refractivity contribution < 1.29 is 9.53 Å². The van der Waals surface area contributed by atoms with Gasteiger partial charge in [0.15, 0.2) is 0 Å². The zero-order valence-electron chi connectivity index (χ0n) is 9.67. The van der Waals surface area contributed by atoms with Crippen LogP contribution in [0.3, 0.4) is 0 Å². The first-order valence-corrected chi connectivity index (χ1v) is 7.05. The average Bonchev–Trinajstić information content (AvgIpc) is 2.83. The van der Waals surface area contributed by atoms with Gasteiger partial charge in [0.25, 0.3) is 0 Å². The number of aromatic amines is 1. The molecular formula is C12H8Cl3NO2S. The molecule has 1 N–H and O–H groups in total. The lowest BCUT2D eigenvalue weighted by molar-refractivity contribution is 0.0601.